The van der Waals surface area contributed by atoms with Crippen LogP contribution in [0.3, 0.4) is 0 Å². The lowest BCUT2D eigenvalue weighted by Crippen LogP contribution is -2.45. The minimum absolute atomic E-state index is 0.126. The maximum Gasteiger partial charge on any atom is 0.0712 e. The molecule has 0 aromatic carbocycles. The normalized spacial score (nSPS) is 34.0. The lowest BCUT2D eigenvalue weighted by atomic mass is 10.2. The van der Waals surface area contributed by atoms with Crippen LogP contribution in [0, 0.1) is 4.91 Å². The van der Waals surface area contributed by atoms with E-state index in [4.69, 9.17) is 4.74 Å². The number of rotatable bonds is 1. The average molecular weight is 144 g/mol. The van der Waals surface area contributed by atoms with E-state index < -0.39 is 0 Å². The van der Waals surface area contributed by atoms with Crippen LogP contribution in [0.25, 0.3) is 0 Å². The van der Waals surface area contributed by atoms with Gasteiger partial charge in [-0.05, 0) is 13.8 Å². The summed E-state index contributed by atoms with van der Waals surface area (Å²) in [4.78, 5) is 10.2. The standard InChI is InChI=1S/C6H12N2O2/c1-5-3-10-4-6(2)8(5)7-9/h5-6H,3-4H2,1-2H3/t5-,6+. The smallest absolute Gasteiger partial charge is 0.0712 e. The molecule has 0 saturated carbocycles. The van der Waals surface area contributed by atoms with E-state index in [1.165, 1.54) is 0 Å². The number of ether oxygens (including phenoxy) is 1. The molecule has 0 aromatic rings. The molecule has 4 heteroatoms. The molecule has 2 atom stereocenters. The number of hydrogen-bond acceptors (Lipinski definition) is 3. The van der Waals surface area contributed by atoms with E-state index in [1.807, 2.05) is 13.8 Å². The first-order valence-electron chi connectivity index (χ1n) is 3.45. The van der Waals surface area contributed by atoms with Gasteiger partial charge in [-0.25, -0.2) is 0 Å². The van der Waals surface area contributed by atoms with Crippen molar-refractivity contribution in [1.29, 1.82) is 0 Å². The molecular formula is C6H12N2O2. The van der Waals surface area contributed by atoms with Crippen LogP contribution in [0.1, 0.15) is 13.8 Å². The Kier molecular flexibility index (Phi) is 2.21. The highest BCUT2D eigenvalue weighted by atomic mass is 16.5. The summed E-state index contributed by atoms with van der Waals surface area (Å²) in [6.07, 6.45) is 0. The summed E-state index contributed by atoms with van der Waals surface area (Å²) in [7, 11) is 0. The van der Waals surface area contributed by atoms with Gasteiger partial charge in [0.1, 0.15) is 0 Å². The lowest BCUT2D eigenvalue weighted by molar-refractivity contribution is -0.0365. The van der Waals surface area contributed by atoms with Gasteiger partial charge in [0, 0.05) is 0 Å². The van der Waals surface area contributed by atoms with Gasteiger partial charge in [0.25, 0.3) is 0 Å². The molecular weight excluding hydrogens is 132 g/mol. The van der Waals surface area contributed by atoms with Crippen LogP contribution < -0.4 is 0 Å². The zero-order valence-electron chi connectivity index (χ0n) is 6.28. The van der Waals surface area contributed by atoms with Gasteiger partial charge in [-0.2, -0.15) is 0 Å². The molecule has 1 rings (SSSR count). The van der Waals surface area contributed by atoms with E-state index in [0.29, 0.717) is 13.2 Å². The quantitative estimate of drug-likeness (QED) is 0.510. The summed E-state index contributed by atoms with van der Waals surface area (Å²) < 4.78 is 5.19. The van der Waals surface area contributed by atoms with Crippen molar-refractivity contribution >= 4 is 0 Å². The fourth-order valence-corrected chi connectivity index (χ4v) is 1.16. The van der Waals surface area contributed by atoms with E-state index in [-0.39, 0.29) is 12.1 Å². The summed E-state index contributed by atoms with van der Waals surface area (Å²) >= 11 is 0. The molecule has 1 aliphatic rings. The first-order valence-corrected chi connectivity index (χ1v) is 3.45. The summed E-state index contributed by atoms with van der Waals surface area (Å²) in [6.45, 7) is 5.07. The van der Waals surface area contributed by atoms with Crippen LogP contribution >= 0.6 is 0 Å². The van der Waals surface area contributed by atoms with Crippen molar-refractivity contribution in [3.05, 3.63) is 4.91 Å². The molecule has 58 valence electrons. The van der Waals surface area contributed by atoms with Crippen LogP contribution in [0.15, 0.2) is 5.29 Å². The number of nitroso groups, excluding NO2 is 1. The highest BCUT2D eigenvalue weighted by molar-refractivity contribution is 4.73. The molecule has 0 radical (unpaired) electrons. The second-order valence-corrected chi connectivity index (χ2v) is 2.70. The molecule has 0 N–H and O–H groups in total. The molecule has 1 heterocycles. The van der Waals surface area contributed by atoms with Crippen molar-refractivity contribution in [2.24, 2.45) is 5.29 Å². The maximum absolute atomic E-state index is 10.2. The van der Waals surface area contributed by atoms with Crippen LogP contribution in [0.5, 0.6) is 0 Å². The Hall–Kier alpha value is -0.640. The Morgan fingerprint density at radius 1 is 1.40 bits per heavy atom. The van der Waals surface area contributed by atoms with Gasteiger partial charge in [-0.3, -0.25) is 5.01 Å². The van der Waals surface area contributed by atoms with E-state index in [0.717, 1.165) is 0 Å². The van der Waals surface area contributed by atoms with Gasteiger partial charge < -0.3 is 4.74 Å². The maximum atomic E-state index is 10.2. The van der Waals surface area contributed by atoms with Crippen LogP contribution in [0.2, 0.25) is 0 Å². The molecule has 0 bridgehead atoms. The third-order valence-electron chi connectivity index (χ3n) is 1.72. The molecule has 1 saturated heterocycles. The van der Waals surface area contributed by atoms with Crippen molar-refractivity contribution in [3.63, 3.8) is 0 Å². The molecule has 1 fully saturated rings. The first-order chi connectivity index (χ1) is 4.75. The molecule has 0 aliphatic carbocycles. The minimum atomic E-state index is 0.126. The van der Waals surface area contributed by atoms with Crippen molar-refractivity contribution in [1.82, 2.24) is 5.01 Å². The topological polar surface area (TPSA) is 41.9 Å². The zero-order valence-corrected chi connectivity index (χ0v) is 6.28. The highest BCUT2D eigenvalue weighted by Gasteiger charge is 2.24. The lowest BCUT2D eigenvalue weighted by Gasteiger charge is -2.33. The van der Waals surface area contributed by atoms with Crippen LogP contribution in [-0.4, -0.2) is 30.3 Å². The van der Waals surface area contributed by atoms with Gasteiger partial charge in [0.05, 0.1) is 30.6 Å². The number of nitrogens with zero attached hydrogens (tertiary/aromatic N) is 2. The Labute approximate surface area is 60.1 Å². The zero-order chi connectivity index (χ0) is 7.56. The molecule has 4 nitrogen and oxygen atoms in total. The van der Waals surface area contributed by atoms with E-state index >= 15 is 0 Å². The van der Waals surface area contributed by atoms with Crippen molar-refractivity contribution in [2.75, 3.05) is 13.2 Å². The van der Waals surface area contributed by atoms with Gasteiger partial charge in [0.15, 0.2) is 0 Å². The van der Waals surface area contributed by atoms with E-state index in [1.54, 1.807) is 5.01 Å². The largest absolute Gasteiger partial charge is 0.377 e. The second kappa shape index (κ2) is 2.96. The molecule has 10 heavy (non-hydrogen) atoms. The van der Waals surface area contributed by atoms with Gasteiger partial charge in [-0.1, -0.05) is 0 Å². The molecule has 0 spiro atoms. The van der Waals surface area contributed by atoms with Gasteiger partial charge in [-0.15, -0.1) is 4.91 Å². The SMILES string of the molecule is C[C@@H]1COC[C@H](C)N1N=O. The van der Waals surface area contributed by atoms with Crippen LogP contribution in [0.4, 0.5) is 0 Å². The summed E-state index contributed by atoms with van der Waals surface area (Å²) in [6, 6.07) is 0.252. The third kappa shape index (κ3) is 1.26. The second-order valence-electron chi connectivity index (χ2n) is 2.70. The Balaban J connectivity index is 2.53. The van der Waals surface area contributed by atoms with Gasteiger partial charge in [0.2, 0.25) is 0 Å². The Morgan fingerprint density at radius 2 is 1.90 bits per heavy atom. The average Bonchev–Trinajstić information content (AvgIpc) is 1.88. The summed E-state index contributed by atoms with van der Waals surface area (Å²) in [5.74, 6) is 0. The highest BCUT2D eigenvalue weighted by Crippen LogP contribution is 2.12. The monoisotopic (exact) mass is 144 g/mol. The predicted molar refractivity (Wildman–Crippen MR) is 37.4 cm³/mol. The van der Waals surface area contributed by atoms with Crippen molar-refractivity contribution in [2.45, 2.75) is 25.9 Å². The Morgan fingerprint density at radius 3 is 2.20 bits per heavy atom. The van der Waals surface area contributed by atoms with Crippen LogP contribution in [-0.2, 0) is 4.74 Å². The molecule has 0 unspecified atom stereocenters. The molecule has 0 amide bonds. The summed E-state index contributed by atoms with van der Waals surface area (Å²) in [5.41, 5.74) is 0. The van der Waals surface area contributed by atoms with E-state index in [9.17, 15) is 4.91 Å². The fourth-order valence-electron chi connectivity index (χ4n) is 1.16. The number of hydrogen-bond donors (Lipinski definition) is 0. The first kappa shape index (κ1) is 7.47. The fraction of sp³-hybridized carbons (Fsp3) is 1.00. The van der Waals surface area contributed by atoms with Crippen molar-refractivity contribution in [3.8, 4) is 0 Å². The third-order valence-corrected chi connectivity index (χ3v) is 1.72. The Bertz CT molecular complexity index is 119. The molecule has 0 aromatic heterocycles. The number of morpholine rings is 1. The van der Waals surface area contributed by atoms with E-state index in [2.05, 4.69) is 5.29 Å². The predicted octanol–water partition coefficient (Wildman–Crippen LogP) is 0.777. The summed E-state index contributed by atoms with van der Waals surface area (Å²) in [5, 5.41) is 4.46. The minimum Gasteiger partial charge on any atom is -0.377 e. The van der Waals surface area contributed by atoms with Crippen molar-refractivity contribution < 1.29 is 4.74 Å². The van der Waals surface area contributed by atoms with Gasteiger partial charge >= 0.3 is 0 Å². The molecule has 1 aliphatic heterocycles.